The zero-order valence-corrected chi connectivity index (χ0v) is 21.8. The lowest BCUT2D eigenvalue weighted by Crippen LogP contribution is -2.45. The van der Waals surface area contributed by atoms with Gasteiger partial charge in [0.25, 0.3) is 5.91 Å². The topological polar surface area (TPSA) is 77.1 Å². The molecule has 2 fully saturated rings. The molecule has 2 aromatic heterocycles. The molecule has 4 aromatic rings. The minimum Gasteiger partial charge on any atom is -0.619 e. The van der Waals surface area contributed by atoms with Crippen molar-refractivity contribution in [2.75, 3.05) is 6.54 Å². The first-order valence-electron chi connectivity index (χ1n) is 13.5. The summed E-state index contributed by atoms with van der Waals surface area (Å²) in [6.45, 7) is 2.74. The molecular weight excluding hydrogens is 500 g/mol. The van der Waals surface area contributed by atoms with Crippen LogP contribution in [0.3, 0.4) is 0 Å². The largest absolute Gasteiger partial charge is 0.619 e. The average molecular weight is 532 g/mol. The summed E-state index contributed by atoms with van der Waals surface area (Å²) < 4.78 is 30.8. The number of nitrogens with zero attached hydrogens (tertiary/aromatic N) is 4. The van der Waals surface area contributed by atoms with Crippen LogP contribution in [0.4, 0.5) is 8.78 Å². The second-order valence-electron chi connectivity index (χ2n) is 10.7. The van der Waals surface area contributed by atoms with Crippen LogP contribution in [0.2, 0.25) is 0 Å². The number of aryl methyl sites for hydroxylation is 1. The van der Waals surface area contributed by atoms with E-state index in [0.717, 1.165) is 43.6 Å². The number of hydrogen-bond acceptors (Lipinski definition) is 4. The fourth-order valence-corrected chi connectivity index (χ4v) is 6.63. The van der Waals surface area contributed by atoms with Crippen molar-refractivity contribution in [3.05, 3.63) is 101 Å². The summed E-state index contributed by atoms with van der Waals surface area (Å²) in [7, 11) is 0. The van der Waals surface area contributed by atoms with E-state index in [9.17, 15) is 18.8 Å². The van der Waals surface area contributed by atoms with E-state index in [1.807, 2.05) is 19.1 Å². The van der Waals surface area contributed by atoms with Crippen LogP contribution < -0.4 is 10.0 Å². The lowest BCUT2D eigenvalue weighted by molar-refractivity contribution is -0.605. The Balaban J connectivity index is 1.18. The van der Waals surface area contributed by atoms with E-state index in [1.54, 1.807) is 12.1 Å². The maximum Gasteiger partial charge on any atom is 0.257 e. The molecular formula is C30H31F2N5O2. The van der Waals surface area contributed by atoms with Gasteiger partial charge in [-0.25, -0.2) is 13.8 Å². The molecule has 202 valence electrons. The predicted octanol–water partition coefficient (Wildman–Crippen LogP) is 4.99. The van der Waals surface area contributed by atoms with Crippen molar-refractivity contribution in [1.82, 2.24) is 19.8 Å². The Kier molecular flexibility index (Phi) is 6.76. The van der Waals surface area contributed by atoms with E-state index in [1.165, 1.54) is 42.7 Å². The molecule has 1 unspecified atom stereocenters. The smallest absolute Gasteiger partial charge is 0.257 e. The molecule has 1 N–H and O–H groups in total. The van der Waals surface area contributed by atoms with Gasteiger partial charge in [-0.2, -0.15) is 4.73 Å². The van der Waals surface area contributed by atoms with E-state index in [0.29, 0.717) is 40.4 Å². The zero-order valence-electron chi connectivity index (χ0n) is 21.8. The SMILES string of the molecule is Cc1nc2cc(F)ccc2n1C1C[C@H]2CC[C@@H](C1)N2CC[C@H](NC(=O)c1ccc[n+]([O-])c1)c1cccc(F)c1. The van der Waals surface area contributed by atoms with Crippen molar-refractivity contribution >= 4 is 16.9 Å². The van der Waals surface area contributed by atoms with E-state index >= 15 is 0 Å². The molecule has 39 heavy (non-hydrogen) atoms. The number of benzene rings is 2. The van der Waals surface area contributed by atoms with Crippen LogP contribution in [0.5, 0.6) is 0 Å². The number of hydrogen-bond donors (Lipinski definition) is 1. The van der Waals surface area contributed by atoms with Gasteiger partial charge in [-0.15, -0.1) is 0 Å². The first kappa shape index (κ1) is 25.4. The maximum atomic E-state index is 14.1. The summed E-state index contributed by atoms with van der Waals surface area (Å²) in [6.07, 6.45) is 7.34. The molecule has 0 radical (unpaired) electrons. The number of carbonyl (C=O) groups is 1. The number of pyridine rings is 1. The van der Waals surface area contributed by atoms with Crippen LogP contribution >= 0.6 is 0 Å². The second kappa shape index (κ2) is 10.4. The molecule has 4 atom stereocenters. The third kappa shape index (κ3) is 5.11. The zero-order chi connectivity index (χ0) is 27.1. The minimum atomic E-state index is -0.402. The fraction of sp³-hybridized carbons (Fsp3) is 0.367. The molecule has 9 heteroatoms. The summed E-state index contributed by atoms with van der Waals surface area (Å²) in [5.74, 6) is -0.0910. The number of halogens is 2. The van der Waals surface area contributed by atoms with E-state index in [-0.39, 0.29) is 23.1 Å². The molecule has 0 aliphatic carbocycles. The molecule has 6 rings (SSSR count). The second-order valence-corrected chi connectivity index (χ2v) is 10.7. The number of nitrogens with one attached hydrogen (secondary N) is 1. The molecule has 0 saturated carbocycles. The van der Waals surface area contributed by atoms with Gasteiger partial charge in [0.15, 0.2) is 12.4 Å². The van der Waals surface area contributed by atoms with Crippen LogP contribution in [0.1, 0.15) is 65.9 Å². The van der Waals surface area contributed by atoms with Crippen molar-refractivity contribution in [3.8, 4) is 0 Å². The third-order valence-corrected chi connectivity index (χ3v) is 8.32. The number of amides is 1. The number of imidazole rings is 1. The number of aromatic nitrogens is 3. The lowest BCUT2D eigenvalue weighted by atomic mass is 9.95. The minimum absolute atomic E-state index is 0.262. The summed E-state index contributed by atoms with van der Waals surface area (Å²) in [5.41, 5.74) is 2.62. The number of piperidine rings is 1. The first-order chi connectivity index (χ1) is 18.9. The summed E-state index contributed by atoms with van der Waals surface area (Å²) in [5, 5.41) is 14.7. The predicted molar refractivity (Wildman–Crippen MR) is 143 cm³/mol. The highest BCUT2D eigenvalue weighted by molar-refractivity contribution is 5.93. The molecule has 2 saturated heterocycles. The van der Waals surface area contributed by atoms with E-state index in [2.05, 4.69) is 19.8 Å². The van der Waals surface area contributed by atoms with Crippen LogP contribution in [0.25, 0.3) is 11.0 Å². The molecule has 2 bridgehead atoms. The highest BCUT2D eigenvalue weighted by atomic mass is 19.1. The fourth-order valence-electron chi connectivity index (χ4n) is 6.63. The van der Waals surface area contributed by atoms with Gasteiger partial charge in [-0.05, 0) is 74.9 Å². The van der Waals surface area contributed by atoms with E-state index < -0.39 is 6.04 Å². The van der Waals surface area contributed by atoms with E-state index in [4.69, 9.17) is 0 Å². The molecule has 1 amide bonds. The molecule has 4 heterocycles. The van der Waals surface area contributed by atoms with Crippen LogP contribution in [-0.2, 0) is 0 Å². The van der Waals surface area contributed by atoms with Gasteiger partial charge in [0.2, 0.25) is 0 Å². The van der Waals surface area contributed by atoms with Crippen LogP contribution in [0, 0.1) is 23.8 Å². The molecule has 2 aliphatic heterocycles. The van der Waals surface area contributed by atoms with Gasteiger partial charge in [-0.3, -0.25) is 9.69 Å². The Morgan fingerprint density at radius 3 is 2.59 bits per heavy atom. The van der Waals surface area contributed by atoms with Gasteiger partial charge >= 0.3 is 0 Å². The first-order valence-corrected chi connectivity index (χ1v) is 13.5. The van der Waals surface area contributed by atoms with Gasteiger partial charge in [0, 0.05) is 36.8 Å². The Labute approximate surface area is 225 Å². The Morgan fingerprint density at radius 1 is 1.08 bits per heavy atom. The van der Waals surface area contributed by atoms with Gasteiger partial charge < -0.3 is 15.1 Å². The summed E-state index contributed by atoms with van der Waals surface area (Å²) in [6, 6.07) is 14.9. The summed E-state index contributed by atoms with van der Waals surface area (Å²) >= 11 is 0. The van der Waals surface area contributed by atoms with Gasteiger partial charge in [0.1, 0.15) is 23.0 Å². The lowest BCUT2D eigenvalue weighted by Gasteiger charge is -2.40. The third-order valence-electron chi connectivity index (χ3n) is 8.32. The standard InChI is InChI=1S/C30H31F2N5O2/c1-19-33-28-15-23(32)7-10-29(28)37(19)26-16-24-8-9-25(17-26)36(24)13-11-27(20-4-2-6-22(31)14-20)34-30(38)21-5-3-12-35(39)18-21/h2-7,10,12,14-15,18,24-27H,8-9,11,13,16-17H2,1H3,(H,34,38)/t24-,25+,26?,27-/m0/s1. The summed E-state index contributed by atoms with van der Waals surface area (Å²) in [4.78, 5) is 20.1. The van der Waals surface area contributed by atoms with Crippen molar-refractivity contribution in [2.45, 2.75) is 63.2 Å². The van der Waals surface area contributed by atoms with Crippen molar-refractivity contribution in [1.29, 1.82) is 0 Å². The number of carbonyl (C=O) groups excluding carboxylic acids is 1. The highest BCUT2D eigenvalue weighted by Gasteiger charge is 2.41. The monoisotopic (exact) mass is 531 g/mol. The van der Waals surface area contributed by atoms with Crippen molar-refractivity contribution in [2.24, 2.45) is 0 Å². The Bertz CT molecular complexity index is 1510. The number of fused-ring (bicyclic) bond motifs is 3. The maximum absolute atomic E-state index is 14.1. The molecule has 2 aliphatic rings. The van der Waals surface area contributed by atoms with Crippen molar-refractivity contribution in [3.63, 3.8) is 0 Å². The molecule has 2 aromatic carbocycles. The highest BCUT2D eigenvalue weighted by Crippen LogP contribution is 2.42. The Morgan fingerprint density at radius 2 is 1.85 bits per heavy atom. The Hall–Kier alpha value is -3.85. The average Bonchev–Trinajstić information content (AvgIpc) is 3.36. The van der Waals surface area contributed by atoms with Gasteiger partial charge in [-0.1, -0.05) is 12.1 Å². The van der Waals surface area contributed by atoms with Crippen molar-refractivity contribution < 1.29 is 18.3 Å². The van der Waals surface area contributed by atoms with Crippen LogP contribution in [-0.4, -0.2) is 39.0 Å². The molecule has 0 spiro atoms. The normalized spacial score (nSPS) is 21.8. The van der Waals surface area contributed by atoms with Crippen LogP contribution in [0.15, 0.2) is 67.0 Å². The van der Waals surface area contributed by atoms with Gasteiger partial charge in [0.05, 0.1) is 17.1 Å². The quantitative estimate of drug-likeness (QED) is 0.269. The molecule has 7 nitrogen and oxygen atoms in total. The number of rotatable bonds is 7.